The molecule has 2 N–H and O–H groups in total. The maximum absolute atomic E-state index is 4.52. The zero-order valence-electron chi connectivity index (χ0n) is 12.6. The Morgan fingerprint density at radius 3 is 2.81 bits per heavy atom. The first kappa shape index (κ1) is 16.2. The Morgan fingerprint density at radius 1 is 1.33 bits per heavy atom. The Hall–Kier alpha value is -1.14. The summed E-state index contributed by atoms with van der Waals surface area (Å²) in [7, 11) is 0. The van der Waals surface area contributed by atoms with Crippen LogP contribution in [0.5, 0.6) is 0 Å². The van der Waals surface area contributed by atoms with Gasteiger partial charge in [-0.05, 0) is 33.8 Å². The molecule has 0 spiro atoms. The van der Waals surface area contributed by atoms with Gasteiger partial charge < -0.3 is 10.6 Å². The fourth-order valence-corrected chi connectivity index (χ4v) is 3.05. The van der Waals surface area contributed by atoms with Gasteiger partial charge in [0, 0.05) is 29.6 Å². The van der Waals surface area contributed by atoms with E-state index in [1.54, 1.807) is 17.5 Å². The van der Waals surface area contributed by atoms with Crippen molar-refractivity contribution in [1.29, 1.82) is 0 Å². The van der Waals surface area contributed by atoms with Gasteiger partial charge >= 0.3 is 0 Å². The Kier molecular flexibility index (Phi) is 5.58. The molecule has 21 heavy (non-hydrogen) atoms. The smallest absolute Gasteiger partial charge is 0.224 e. The van der Waals surface area contributed by atoms with E-state index in [1.807, 2.05) is 0 Å². The molecule has 6 heteroatoms. The summed E-state index contributed by atoms with van der Waals surface area (Å²) in [5.41, 5.74) is 0.0650. The average molecular weight is 369 g/mol. The maximum atomic E-state index is 4.52. The lowest BCUT2D eigenvalue weighted by Crippen LogP contribution is -2.27. The van der Waals surface area contributed by atoms with Gasteiger partial charge in [0.2, 0.25) is 5.95 Å². The molecule has 0 aromatic carbocycles. The molecule has 0 radical (unpaired) electrons. The van der Waals surface area contributed by atoms with E-state index in [9.17, 15) is 0 Å². The van der Waals surface area contributed by atoms with Crippen LogP contribution < -0.4 is 10.6 Å². The Morgan fingerprint density at radius 2 is 2.14 bits per heavy atom. The van der Waals surface area contributed by atoms with E-state index in [1.165, 1.54) is 4.88 Å². The molecule has 0 aliphatic rings. The molecule has 0 unspecified atom stereocenters. The molecule has 0 atom stereocenters. The Labute approximate surface area is 138 Å². The van der Waals surface area contributed by atoms with Gasteiger partial charge in [0.15, 0.2) is 0 Å². The van der Waals surface area contributed by atoms with Crippen LogP contribution in [0.1, 0.15) is 32.1 Å². The van der Waals surface area contributed by atoms with Crippen LogP contribution in [0, 0.1) is 0 Å². The number of halogens is 1. The summed E-state index contributed by atoms with van der Waals surface area (Å²) >= 11 is 5.29. The fraction of sp³-hybridized carbons (Fsp3) is 0.467. The van der Waals surface area contributed by atoms with E-state index >= 15 is 0 Å². The first-order valence-corrected chi connectivity index (χ1v) is 8.74. The highest BCUT2D eigenvalue weighted by Crippen LogP contribution is 2.29. The molecule has 114 valence electrons. The summed E-state index contributed by atoms with van der Waals surface area (Å²) in [4.78, 5) is 10.1. The maximum Gasteiger partial charge on any atom is 0.224 e. The standard InChI is InChI=1S/C15H21BrN4S/c1-4-7-17-14-18-9-11(16)13(20-14)19-10-15(2,3)12-6-5-8-21-12/h5-6,8-9H,4,7,10H2,1-3H3,(H2,17,18,19,20). The van der Waals surface area contributed by atoms with Crippen LogP contribution in [0.25, 0.3) is 0 Å². The predicted molar refractivity (Wildman–Crippen MR) is 94.3 cm³/mol. The van der Waals surface area contributed by atoms with Crippen molar-refractivity contribution in [1.82, 2.24) is 9.97 Å². The molecule has 4 nitrogen and oxygen atoms in total. The molecule has 0 bridgehead atoms. The lowest BCUT2D eigenvalue weighted by molar-refractivity contribution is 0.568. The number of anilines is 2. The highest BCUT2D eigenvalue weighted by molar-refractivity contribution is 9.10. The summed E-state index contributed by atoms with van der Waals surface area (Å²) < 4.78 is 0.881. The zero-order chi connectivity index (χ0) is 15.3. The Balaban J connectivity index is 2.05. The molecular formula is C15H21BrN4S. The molecule has 0 aliphatic carbocycles. The SMILES string of the molecule is CCCNc1ncc(Br)c(NCC(C)(C)c2cccs2)n1. The van der Waals surface area contributed by atoms with Gasteiger partial charge in [-0.2, -0.15) is 4.98 Å². The summed E-state index contributed by atoms with van der Waals surface area (Å²) in [6.45, 7) is 8.28. The van der Waals surface area contributed by atoms with Crippen molar-refractivity contribution in [3.05, 3.63) is 33.1 Å². The number of nitrogens with zero attached hydrogens (tertiary/aromatic N) is 2. The molecule has 0 saturated heterocycles. The minimum atomic E-state index is 0.0650. The van der Waals surface area contributed by atoms with Gasteiger partial charge in [-0.1, -0.05) is 26.8 Å². The van der Waals surface area contributed by atoms with Gasteiger partial charge in [-0.25, -0.2) is 4.98 Å². The number of rotatable bonds is 7. The normalized spacial score (nSPS) is 11.4. The summed E-state index contributed by atoms with van der Waals surface area (Å²) in [5.74, 6) is 1.49. The molecule has 2 aromatic rings. The highest BCUT2D eigenvalue weighted by Gasteiger charge is 2.22. The minimum absolute atomic E-state index is 0.0650. The molecule has 0 fully saturated rings. The van der Waals surface area contributed by atoms with Crippen molar-refractivity contribution < 1.29 is 0 Å². The third-order valence-corrected chi connectivity index (χ3v) is 4.98. The quantitative estimate of drug-likeness (QED) is 0.754. The minimum Gasteiger partial charge on any atom is -0.368 e. The van der Waals surface area contributed by atoms with Crippen LogP contribution in [0.15, 0.2) is 28.2 Å². The first-order valence-electron chi connectivity index (χ1n) is 7.07. The van der Waals surface area contributed by atoms with Crippen LogP contribution in [-0.4, -0.2) is 23.1 Å². The van der Waals surface area contributed by atoms with Gasteiger partial charge in [-0.3, -0.25) is 0 Å². The molecule has 2 aromatic heterocycles. The second-order valence-electron chi connectivity index (χ2n) is 5.53. The van der Waals surface area contributed by atoms with Gasteiger partial charge in [0.05, 0.1) is 4.47 Å². The van der Waals surface area contributed by atoms with E-state index in [0.717, 1.165) is 29.8 Å². The molecule has 2 rings (SSSR count). The van der Waals surface area contributed by atoms with E-state index in [-0.39, 0.29) is 5.41 Å². The highest BCUT2D eigenvalue weighted by atomic mass is 79.9. The van der Waals surface area contributed by atoms with Crippen molar-refractivity contribution in [2.45, 2.75) is 32.6 Å². The number of hydrogen-bond donors (Lipinski definition) is 2. The molecule has 0 aliphatic heterocycles. The molecule has 0 amide bonds. The number of aromatic nitrogens is 2. The van der Waals surface area contributed by atoms with Crippen LogP contribution in [-0.2, 0) is 5.41 Å². The summed E-state index contributed by atoms with van der Waals surface area (Å²) in [6, 6.07) is 4.27. The van der Waals surface area contributed by atoms with Crippen molar-refractivity contribution in [2.75, 3.05) is 23.7 Å². The number of nitrogens with one attached hydrogen (secondary N) is 2. The summed E-state index contributed by atoms with van der Waals surface area (Å²) in [6.07, 6.45) is 2.83. The zero-order valence-corrected chi connectivity index (χ0v) is 15.0. The van der Waals surface area contributed by atoms with Gasteiger partial charge in [0.25, 0.3) is 0 Å². The van der Waals surface area contributed by atoms with Crippen molar-refractivity contribution in [3.63, 3.8) is 0 Å². The lowest BCUT2D eigenvalue weighted by Gasteiger charge is -2.24. The monoisotopic (exact) mass is 368 g/mol. The van der Waals surface area contributed by atoms with Crippen LogP contribution >= 0.6 is 27.3 Å². The predicted octanol–water partition coefficient (Wildman–Crippen LogP) is 4.51. The van der Waals surface area contributed by atoms with Crippen molar-refractivity contribution >= 4 is 39.0 Å². The Bertz CT molecular complexity index is 569. The third kappa shape index (κ3) is 4.41. The number of hydrogen-bond acceptors (Lipinski definition) is 5. The van der Waals surface area contributed by atoms with Crippen LogP contribution in [0.3, 0.4) is 0 Å². The molecular weight excluding hydrogens is 348 g/mol. The van der Waals surface area contributed by atoms with Crippen LogP contribution in [0.2, 0.25) is 0 Å². The average Bonchev–Trinajstić information content (AvgIpc) is 3.00. The van der Waals surface area contributed by atoms with E-state index in [0.29, 0.717) is 5.95 Å². The van der Waals surface area contributed by atoms with E-state index in [2.05, 4.69) is 74.8 Å². The van der Waals surface area contributed by atoms with Gasteiger partial charge in [0.1, 0.15) is 5.82 Å². The second kappa shape index (κ2) is 7.22. The van der Waals surface area contributed by atoms with Crippen molar-refractivity contribution in [2.24, 2.45) is 0 Å². The van der Waals surface area contributed by atoms with Gasteiger partial charge in [-0.15, -0.1) is 11.3 Å². The summed E-state index contributed by atoms with van der Waals surface area (Å²) in [5, 5.41) is 8.75. The van der Waals surface area contributed by atoms with Crippen molar-refractivity contribution in [3.8, 4) is 0 Å². The molecule has 2 heterocycles. The molecule has 0 saturated carbocycles. The van der Waals surface area contributed by atoms with Crippen LogP contribution in [0.4, 0.5) is 11.8 Å². The topological polar surface area (TPSA) is 49.8 Å². The lowest BCUT2D eigenvalue weighted by atomic mass is 9.91. The third-order valence-electron chi connectivity index (χ3n) is 3.16. The van der Waals surface area contributed by atoms with E-state index in [4.69, 9.17) is 0 Å². The second-order valence-corrected chi connectivity index (χ2v) is 7.33. The largest absolute Gasteiger partial charge is 0.368 e. The first-order chi connectivity index (χ1) is 10.0. The number of thiophene rings is 1. The van der Waals surface area contributed by atoms with E-state index < -0.39 is 0 Å². The fourth-order valence-electron chi connectivity index (χ4n) is 1.87.